The molecule has 2 rings (SSSR count). The molecule has 1 atom stereocenters. The van der Waals surface area contributed by atoms with Gasteiger partial charge in [-0.15, -0.1) is 0 Å². The van der Waals surface area contributed by atoms with Crippen LogP contribution in [-0.2, 0) is 4.74 Å². The van der Waals surface area contributed by atoms with Crippen LogP contribution in [0.4, 0.5) is 14.5 Å². The van der Waals surface area contributed by atoms with E-state index in [1.807, 2.05) is 37.3 Å². The van der Waals surface area contributed by atoms with E-state index in [0.29, 0.717) is 24.0 Å². The Labute approximate surface area is 157 Å². The molecule has 0 saturated heterocycles. The minimum absolute atomic E-state index is 0.0512. The Morgan fingerprint density at radius 3 is 2.42 bits per heavy atom. The van der Waals surface area contributed by atoms with Gasteiger partial charge in [-0.2, -0.15) is 8.78 Å². The van der Waals surface area contributed by atoms with Crippen molar-refractivity contribution < 1.29 is 18.3 Å². The third-order valence-electron chi connectivity index (χ3n) is 3.58. The van der Waals surface area contributed by atoms with Gasteiger partial charge in [-0.25, -0.2) is 0 Å². The molecule has 0 aliphatic carbocycles. The highest BCUT2D eigenvalue weighted by Gasteiger charge is 2.05. The molecular weight excluding hydrogens is 358 g/mol. The van der Waals surface area contributed by atoms with Crippen molar-refractivity contribution in [2.45, 2.75) is 26.1 Å². The zero-order valence-corrected chi connectivity index (χ0v) is 15.3. The molecule has 2 aromatic carbocycles. The van der Waals surface area contributed by atoms with E-state index >= 15 is 0 Å². The number of halogens is 2. The largest absolute Gasteiger partial charge is 0.435 e. The van der Waals surface area contributed by atoms with Crippen molar-refractivity contribution in [2.24, 2.45) is 0 Å². The summed E-state index contributed by atoms with van der Waals surface area (Å²) in [5.74, 6) is 0.106. The number of hydrogen-bond donors (Lipinski definition) is 2. The molecule has 0 aliphatic heterocycles. The summed E-state index contributed by atoms with van der Waals surface area (Å²) in [5.41, 5.74) is 1.84. The predicted octanol–water partition coefficient (Wildman–Crippen LogP) is 4.74. The number of benzene rings is 2. The smallest absolute Gasteiger partial charge is 0.387 e. The Morgan fingerprint density at radius 1 is 1.08 bits per heavy atom. The molecule has 0 fully saturated rings. The average Bonchev–Trinajstić information content (AvgIpc) is 2.63. The van der Waals surface area contributed by atoms with Gasteiger partial charge < -0.3 is 20.1 Å². The van der Waals surface area contributed by atoms with Gasteiger partial charge in [-0.3, -0.25) is 0 Å². The van der Waals surface area contributed by atoms with E-state index in [0.717, 1.165) is 12.0 Å². The monoisotopic (exact) mass is 380 g/mol. The summed E-state index contributed by atoms with van der Waals surface area (Å²) < 4.78 is 34.3. The van der Waals surface area contributed by atoms with Crippen LogP contribution in [-0.4, -0.2) is 24.9 Å². The first kappa shape index (κ1) is 20.1. The molecule has 7 heteroatoms. The Bertz CT molecular complexity index is 669. The third kappa shape index (κ3) is 7.33. The first-order valence-corrected chi connectivity index (χ1v) is 8.71. The zero-order valence-electron chi connectivity index (χ0n) is 14.5. The number of rotatable bonds is 9. The van der Waals surface area contributed by atoms with Crippen molar-refractivity contribution in [3.63, 3.8) is 0 Å². The van der Waals surface area contributed by atoms with E-state index in [1.165, 1.54) is 12.1 Å². The number of anilines is 1. The van der Waals surface area contributed by atoms with Crippen LogP contribution in [0.3, 0.4) is 0 Å². The van der Waals surface area contributed by atoms with Crippen molar-refractivity contribution in [2.75, 3.05) is 18.5 Å². The van der Waals surface area contributed by atoms with Gasteiger partial charge >= 0.3 is 6.61 Å². The topological polar surface area (TPSA) is 42.5 Å². The van der Waals surface area contributed by atoms with Crippen molar-refractivity contribution in [3.05, 3.63) is 60.2 Å². The second-order valence-corrected chi connectivity index (χ2v) is 5.97. The molecule has 140 valence electrons. The lowest BCUT2D eigenvalue weighted by Crippen LogP contribution is -2.29. The molecule has 2 aromatic rings. The Kier molecular flexibility index (Phi) is 8.24. The SMILES string of the molecule is C[C@H](OCCCNC(=S)Nc1ccc(OC(F)F)cc1)c1ccccc1. The summed E-state index contributed by atoms with van der Waals surface area (Å²) in [6, 6.07) is 16.2. The van der Waals surface area contributed by atoms with Gasteiger partial charge in [0.15, 0.2) is 5.11 Å². The van der Waals surface area contributed by atoms with Crippen molar-refractivity contribution >= 4 is 23.0 Å². The van der Waals surface area contributed by atoms with Crippen molar-refractivity contribution in [3.8, 4) is 5.75 Å². The standard InChI is InChI=1S/C19H22F2N2O2S/c1-14(15-6-3-2-4-7-15)24-13-5-12-22-19(26)23-16-8-10-17(11-9-16)25-18(20)21/h2-4,6-11,14,18H,5,12-13H2,1H3,(H2,22,23,26)/t14-/m0/s1. The molecule has 0 heterocycles. The van der Waals surface area contributed by atoms with Crippen LogP contribution in [0, 0.1) is 0 Å². The summed E-state index contributed by atoms with van der Waals surface area (Å²) in [6.07, 6.45) is 0.857. The molecule has 0 amide bonds. The number of nitrogens with one attached hydrogen (secondary N) is 2. The molecule has 4 nitrogen and oxygen atoms in total. The van der Waals surface area contributed by atoms with Crippen molar-refractivity contribution in [1.29, 1.82) is 0 Å². The number of ether oxygens (including phenoxy) is 2. The molecule has 0 aromatic heterocycles. The Balaban J connectivity index is 1.61. The van der Waals surface area contributed by atoms with E-state index < -0.39 is 6.61 Å². The van der Waals surface area contributed by atoms with Crippen molar-refractivity contribution in [1.82, 2.24) is 5.32 Å². The molecule has 0 bridgehead atoms. The maximum absolute atomic E-state index is 12.1. The summed E-state index contributed by atoms with van der Waals surface area (Å²) in [6.45, 7) is 0.477. The molecule has 0 aliphatic rings. The first-order valence-electron chi connectivity index (χ1n) is 8.31. The van der Waals surface area contributed by atoms with E-state index in [2.05, 4.69) is 15.4 Å². The molecule has 0 spiro atoms. The summed E-state index contributed by atoms with van der Waals surface area (Å²) in [7, 11) is 0. The average molecular weight is 380 g/mol. The van der Waals surface area contributed by atoms with Gasteiger partial charge in [-0.1, -0.05) is 30.3 Å². The number of alkyl halides is 2. The van der Waals surface area contributed by atoms with Crippen LogP contribution in [0.5, 0.6) is 5.75 Å². The van der Waals surface area contributed by atoms with Crippen LogP contribution in [0.15, 0.2) is 54.6 Å². The van der Waals surface area contributed by atoms with E-state index in [9.17, 15) is 8.78 Å². The van der Waals surface area contributed by atoms with Gasteiger partial charge in [0.2, 0.25) is 0 Å². The van der Waals surface area contributed by atoms with Crippen LogP contribution >= 0.6 is 12.2 Å². The predicted molar refractivity (Wildman–Crippen MR) is 103 cm³/mol. The second-order valence-electron chi connectivity index (χ2n) is 5.56. The fourth-order valence-electron chi connectivity index (χ4n) is 2.25. The zero-order chi connectivity index (χ0) is 18.8. The highest BCUT2D eigenvalue weighted by atomic mass is 32.1. The Morgan fingerprint density at radius 2 is 1.77 bits per heavy atom. The molecule has 26 heavy (non-hydrogen) atoms. The summed E-state index contributed by atoms with van der Waals surface area (Å²) in [4.78, 5) is 0. The quantitative estimate of drug-likeness (QED) is 0.486. The normalized spacial score (nSPS) is 11.8. The van der Waals surface area contributed by atoms with Crippen LogP contribution in [0.1, 0.15) is 25.0 Å². The maximum atomic E-state index is 12.1. The summed E-state index contributed by atoms with van der Waals surface area (Å²) >= 11 is 5.20. The van der Waals surface area contributed by atoms with Gasteiger partial charge in [0.05, 0.1) is 6.10 Å². The van der Waals surface area contributed by atoms with E-state index in [4.69, 9.17) is 17.0 Å². The van der Waals surface area contributed by atoms with Gasteiger partial charge in [-0.05, 0) is 55.4 Å². The van der Waals surface area contributed by atoms with Crippen LogP contribution < -0.4 is 15.4 Å². The Hall–Kier alpha value is -2.25. The van der Waals surface area contributed by atoms with E-state index in [1.54, 1.807) is 12.1 Å². The second kappa shape index (κ2) is 10.7. The highest BCUT2D eigenvalue weighted by Crippen LogP contribution is 2.18. The highest BCUT2D eigenvalue weighted by molar-refractivity contribution is 7.80. The van der Waals surface area contributed by atoms with Gasteiger partial charge in [0.25, 0.3) is 0 Å². The van der Waals surface area contributed by atoms with Crippen LogP contribution in [0.2, 0.25) is 0 Å². The number of hydrogen-bond acceptors (Lipinski definition) is 3. The fourth-order valence-corrected chi connectivity index (χ4v) is 2.47. The van der Waals surface area contributed by atoms with E-state index in [-0.39, 0.29) is 11.9 Å². The number of thiocarbonyl (C=S) groups is 1. The minimum atomic E-state index is -2.83. The molecule has 0 saturated carbocycles. The lowest BCUT2D eigenvalue weighted by Gasteiger charge is -2.14. The fraction of sp³-hybridized carbons (Fsp3) is 0.316. The lowest BCUT2D eigenvalue weighted by atomic mass is 10.1. The summed E-state index contributed by atoms with van der Waals surface area (Å²) in [5, 5.41) is 6.53. The molecule has 0 radical (unpaired) electrons. The lowest BCUT2D eigenvalue weighted by molar-refractivity contribution is -0.0498. The maximum Gasteiger partial charge on any atom is 0.387 e. The third-order valence-corrected chi connectivity index (χ3v) is 3.83. The molecule has 0 unspecified atom stereocenters. The van der Waals surface area contributed by atoms with Gasteiger partial charge in [0, 0.05) is 18.8 Å². The minimum Gasteiger partial charge on any atom is -0.435 e. The first-order chi connectivity index (χ1) is 12.5. The van der Waals surface area contributed by atoms with Crippen LogP contribution in [0.25, 0.3) is 0 Å². The van der Waals surface area contributed by atoms with Gasteiger partial charge in [0.1, 0.15) is 5.75 Å². The molecule has 2 N–H and O–H groups in total. The molecular formula is C19H22F2N2O2S.